The van der Waals surface area contributed by atoms with Crippen molar-refractivity contribution in [2.75, 3.05) is 0 Å². The van der Waals surface area contributed by atoms with Gasteiger partial charge in [-0.25, -0.2) is 9.37 Å². The van der Waals surface area contributed by atoms with E-state index in [0.717, 1.165) is 12.1 Å². The Bertz CT molecular complexity index is 519. The molecule has 0 saturated carbocycles. The van der Waals surface area contributed by atoms with Gasteiger partial charge in [0.15, 0.2) is 0 Å². The number of benzene rings is 1. The maximum Gasteiger partial charge on any atom is 0.216 e. The standard InChI is InChI=1S/C11H6ClF2NO/c12-9-5-7(13)1-2-10(9)16-8-3-4-15-11(14)6-8/h1-6H. The van der Waals surface area contributed by atoms with Crippen molar-refractivity contribution in [3.8, 4) is 11.5 Å². The Morgan fingerprint density at radius 2 is 1.94 bits per heavy atom. The smallest absolute Gasteiger partial charge is 0.216 e. The summed E-state index contributed by atoms with van der Waals surface area (Å²) in [6.07, 6.45) is 1.27. The number of ether oxygens (including phenoxy) is 1. The lowest BCUT2D eigenvalue weighted by Gasteiger charge is -2.06. The summed E-state index contributed by atoms with van der Waals surface area (Å²) < 4.78 is 30.8. The van der Waals surface area contributed by atoms with Gasteiger partial charge in [0.2, 0.25) is 5.95 Å². The van der Waals surface area contributed by atoms with E-state index in [-0.39, 0.29) is 16.5 Å². The first kappa shape index (κ1) is 10.8. The van der Waals surface area contributed by atoms with Gasteiger partial charge in [-0.3, -0.25) is 0 Å². The van der Waals surface area contributed by atoms with Gasteiger partial charge in [-0.15, -0.1) is 0 Å². The zero-order valence-electron chi connectivity index (χ0n) is 7.95. The molecular formula is C11H6ClF2NO. The van der Waals surface area contributed by atoms with E-state index in [1.165, 1.54) is 24.4 Å². The van der Waals surface area contributed by atoms with E-state index in [9.17, 15) is 8.78 Å². The zero-order chi connectivity index (χ0) is 11.5. The summed E-state index contributed by atoms with van der Waals surface area (Å²) in [4.78, 5) is 3.38. The van der Waals surface area contributed by atoms with Crippen LogP contribution in [-0.2, 0) is 0 Å². The average molecular weight is 242 g/mol. The molecule has 1 heterocycles. The zero-order valence-corrected chi connectivity index (χ0v) is 8.71. The van der Waals surface area contributed by atoms with E-state index in [4.69, 9.17) is 16.3 Å². The van der Waals surface area contributed by atoms with Crippen LogP contribution in [0.2, 0.25) is 5.02 Å². The van der Waals surface area contributed by atoms with Gasteiger partial charge in [-0.2, -0.15) is 4.39 Å². The molecule has 0 unspecified atom stereocenters. The molecular weight excluding hydrogens is 236 g/mol. The van der Waals surface area contributed by atoms with Gasteiger partial charge in [-0.05, 0) is 24.3 Å². The highest BCUT2D eigenvalue weighted by Crippen LogP contribution is 2.29. The normalized spacial score (nSPS) is 10.2. The second-order valence-corrected chi connectivity index (χ2v) is 3.40. The maximum atomic E-state index is 12.8. The number of nitrogens with zero attached hydrogens (tertiary/aromatic N) is 1. The predicted octanol–water partition coefficient (Wildman–Crippen LogP) is 3.81. The molecule has 1 aromatic heterocycles. The first-order valence-corrected chi connectivity index (χ1v) is 4.77. The molecule has 0 spiro atoms. The topological polar surface area (TPSA) is 22.1 Å². The molecule has 0 fully saturated rings. The molecule has 0 aliphatic rings. The average Bonchev–Trinajstić information content (AvgIpc) is 2.22. The molecule has 2 nitrogen and oxygen atoms in total. The van der Waals surface area contributed by atoms with Crippen LogP contribution in [0.5, 0.6) is 11.5 Å². The number of aromatic nitrogens is 1. The Morgan fingerprint density at radius 1 is 1.12 bits per heavy atom. The first-order valence-electron chi connectivity index (χ1n) is 4.39. The van der Waals surface area contributed by atoms with Crippen LogP contribution in [0.4, 0.5) is 8.78 Å². The number of pyridine rings is 1. The maximum absolute atomic E-state index is 12.8. The van der Waals surface area contributed by atoms with Crippen molar-refractivity contribution in [1.29, 1.82) is 0 Å². The van der Waals surface area contributed by atoms with E-state index < -0.39 is 11.8 Å². The first-order chi connectivity index (χ1) is 7.65. The monoisotopic (exact) mass is 241 g/mol. The van der Waals surface area contributed by atoms with E-state index in [0.29, 0.717) is 0 Å². The predicted molar refractivity (Wildman–Crippen MR) is 55.7 cm³/mol. The molecule has 2 rings (SSSR count). The van der Waals surface area contributed by atoms with Crippen LogP contribution in [0.15, 0.2) is 36.5 Å². The molecule has 16 heavy (non-hydrogen) atoms. The molecule has 0 bridgehead atoms. The lowest BCUT2D eigenvalue weighted by Crippen LogP contribution is -1.88. The molecule has 0 atom stereocenters. The van der Waals surface area contributed by atoms with Gasteiger partial charge < -0.3 is 4.74 Å². The number of halogens is 3. The van der Waals surface area contributed by atoms with Crippen LogP contribution in [0, 0.1) is 11.8 Å². The van der Waals surface area contributed by atoms with Crippen LogP contribution < -0.4 is 4.74 Å². The van der Waals surface area contributed by atoms with Crippen LogP contribution in [0.3, 0.4) is 0 Å². The molecule has 82 valence electrons. The van der Waals surface area contributed by atoms with Crippen molar-refractivity contribution in [3.63, 3.8) is 0 Å². The second kappa shape index (κ2) is 4.45. The van der Waals surface area contributed by atoms with Crippen LogP contribution in [0.25, 0.3) is 0 Å². The fraction of sp³-hybridized carbons (Fsp3) is 0. The third-order valence-corrected chi connectivity index (χ3v) is 2.12. The molecule has 0 N–H and O–H groups in total. The summed E-state index contributed by atoms with van der Waals surface area (Å²) in [5, 5.41) is 0.122. The van der Waals surface area contributed by atoms with Gasteiger partial charge in [-0.1, -0.05) is 11.6 Å². The summed E-state index contributed by atoms with van der Waals surface area (Å²) in [6, 6.07) is 6.28. The van der Waals surface area contributed by atoms with Crippen molar-refractivity contribution in [2.24, 2.45) is 0 Å². The highest BCUT2D eigenvalue weighted by atomic mass is 35.5. The Hall–Kier alpha value is -1.68. The lowest BCUT2D eigenvalue weighted by atomic mass is 10.3. The van der Waals surface area contributed by atoms with Crippen molar-refractivity contribution in [1.82, 2.24) is 4.98 Å². The van der Waals surface area contributed by atoms with Crippen molar-refractivity contribution >= 4 is 11.6 Å². The van der Waals surface area contributed by atoms with Crippen LogP contribution in [-0.4, -0.2) is 4.98 Å². The Balaban J connectivity index is 2.27. The Morgan fingerprint density at radius 3 is 2.62 bits per heavy atom. The summed E-state index contributed by atoms with van der Waals surface area (Å²) in [7, 11) is 0. The molecule has 0 saturated heterocycles. The lowest BCUT2D eigenvalue weighted by molar-refractivity contribution is 0.470. The highest BCUT2D eigenvalue weighted by Gasteiger charge is 2.05. The quantitative estimate of drug-likeness (QED) is 0.746. The van der Waals surface area contributed by atoms with Gasteiger partial charge >= 0.3 is 0 Å². The molecule has 0 radical (unpaired) electrons. The SMILES string of the molecule is Fc1ccc(Oc2ccnc(F)c2)c(Cl)c1. The van der Waals surface area contributed by atoms with Crippen molar-refractivity contribution < 1.29 is 13.5 Å². The summed E-state index contributed by atoms with van der Waals surface area (Å²) >= 11 is 5.74. The summed E-state index contributed by atoms with van der Waals surface area (Å²) in [6.45, 7) is 0. The van der Waals surface area contributed by atoms with Crippen LogP contribution in [0.1, 0.15) is 0 Å². The van der Waals surface area contributed by atoms with Gasteiger partial charge in [0, 0.05) is 12.3 Å². The van der Waals surface area contributed by atoms with Gasteiger partial charge in [0.1, 0.15) is 17.3 Å². The minimum absolute atomic E-state index is 0.122. The minimum atomic E-state index is -0.657. The van der Waals surface area contributed by atoms with Crippen molar-refractivity contribution in [2.45, 2.75) is 0 Å². The molecule has 0 aliphatic heterocycles. The van der Waals surface area contributed by atoms with Gasteiger partial charge in [0.05, 0.1) is 5.02 Å². The van der Waals surface area contributed by atoms with Crippen LogP contribution >= 0.6 is 11.6 Å². The summed E-state index contributed by atoms with van der Waals surface area (Å²) in [5.41, 5.74) is 0. The number of rotatable bonds is 2. The van der Waals surface area contributed by atoms with E-state index in [1.807, 2.05) is 0 Å². The van der Waals surface area contributed by atoms with Crippen molar-refractivity contribution in [3.05, 3.63) is 53.3 Å². The fourth-order valence-corrected chi connectivity index (χ4v) is 1.34. The summed E-state index contributed by atoms with van der Waals surface area (Å²) in [5.74, 6) is -0.608. The number of hydrogen-bond acceptors (Lipinski definition) is 2. The van der Waals surface area contributed by atoms with E-state index in [1.54, 1.807) is 0 Å². The van der Waals surface area contributed by atoms with E-state index in [2.05, 4.69) is 4.98 Å². The fourth-order valence-electron chi connectivity index (χ4n) is 1.13. The molecule has 2 aromatic rings. The largest absolute Gasteiger partial charge is 0.456 e. The molecule has 0 amide bonds. The minimum Gasteiger partial charge on any atom is -0.456 e. The van der Waals surface area contributed by atoms with Gasteiger partial charge in [0.25, 0.3) is 0 Å². The molecule has 5 heteroatoms. The third kappa shape index (κ3) is 2.46. The Labute approximate surface area is 95.5 Å². The Kier molecular flexibility index (Phi) is 3.01. The molecule has 1 aromatic carbocycles. The third-order valence-electron chi connectivity index (χ3n) is 1.82. The highest BCUT2D eigenvalue weighted by molar-refractivity contribution is 6.32. The molecule has 0 aliphatic carbocycles. The second-order valence-electron chi connectivity index (χ2n) is 2.99. The number of hydrogen-bond donors (Lipinski definition) is 0. The van der Waals surface area contributed by atoms with E-state index >= 15 is 0 Å².